The molecule has 2 heterocycles. The van der Waals surface area contributed by atoms with E-state index in [4.69, 9.17) is 0 Å². The lowest BCUT2D eigenvalue weighted by molar-refractivity contribution is 0.226. The largest absolute Gasteiger partial charge is 0.311 e. The molecule has 0 radical (unpaired) electrons. The van der Waals surface area contributed by atoms with Crippen LogP contribution >= 0.6 is 0 Å². The minimum Gasteiger partial charge on any atom is -0.311 e. The molecule has 14 heavy (non-hydrogen) atoms. The summed E-state index contributed by atoms with van der Waals surface area (Å²) in [4.78, 5) is 0. The molecule has 2 aliphatic rings. The highest BCUT2D eigenvalue weighted by molar-refractivity contribution is 4.84. The first-order valence-electron chi connectivity index (χ1n) is 6.60. The molecule has 1 nitrogen and oxygen atoms in total. The SMILES string of the molecule is CC1CC2CCCCCCCC(C1)N2. The molecule has 1 N–H and O–H groups in total. The van der Waals surface area contributed by atoms with Gasteiger partial charge in [-0.2, -0.15) is 0 Å². The molecule has 0 aromatic heterocycles. The van der Waals surface area contributed by atoms with Crippen LogP contribution in [0, 0.1) is 5.92 Å². The second kappa shape index (κ2) is 5.16. The molecule has 2 atom stereocenters. The normalized spacial score (nSPS) is 40.5. The Labute approximate surface area is 88.7 Å². The number of nitrogens with one attached hydrogen (secondary N) is 1. The Morgan fingerprint density at radius 3 is 1.86 bits per heavy atom. The summed E-state index contributed by atoms with van der Waals surface area (Å²) in [6.07, 6.45) is 13.0. The molecule has 2 unspecified atom stereocenters. The van der Waals surface area contributed by atoms with Gasteiger partial charge >= 0.3 is 0 Å². The van der Waals surface area contributed by atoms with Gasteiger partial charge in [0.25, 0.3) is 0 Å². The van der Waals surface area contributed by atoms with Crippen molar-refractivity contribution in [3.05, 3.63) is 0 Å². The van der Waals surface area contributed by atoms with Gasteiger partial charge in [-0.15, -0.1) is 0 Å². The van der Waals surface area contributed by atoms with Crippen LogP contribution in [-0.2, 0) is 0 Å². The molecular weight excluding hydrogens is 170 g/mol. The Morgan fingerprint density at radius 2 is 1.29 bits per heavy atom. The summed E-state index contributed by atoms with van der Waals surface area (Å²) in [5.74, 6) is 0.964. The molecule has 2 fully saturated rings. The van der Waals surface area contributed by atoms with E-state index in [1.54, 1.807) is 0 Å². The summed E-state index contributed by atoms with van der Waals surface area (Å²) in [5, 5.41) is 3.85. The molecule has 2 aliphatic heterocycles. The fraction of sp³-hybridized carbons (Fsp3) is 1.00. The van der Waals surface area contributed by atoms with Gasteiger partial charge in [-0.25, -0.2) is 0 Å². The van der Waals surface area contributed by atoms with Gasteiger partial charge in [0.15, 0.2) is 0 Å². The smallest absolute Gasteiger partial charge is 0.00722 e. The third kappa shape index (κ3) is 2.98. The van der Waals surface area contributed by atoms with Gasteiger partial charge in [0.1, 0.15) is 0 Å². The van der Waals surface area contributed by atoms with E-state index in [2.05, 4.69) is 12.2 Å². The van der Waals surface area contributed by atoms with Crippen molar-refractivity contribution in [2.24, 2.45) is 5.92 Å². The highest BCUT2D eigenvalue weighted by Gasteiger charge is 2.25. The average Bonchev–Trinajstić information content (AvgIpc) is 2.15. The Bertz CT molecular complexity index is 151. The van der Waals surface area contributed by atoms with E-state index < -0.39 is 0 Å². The van der Waals surface area contributed by atoms with Gasteiger partial charge in [0, 0.05) is 12.1 Å². The summed E-state index contributed by atoms with van der Waals surface area (Å²) in [6, 6.07) is 1.70. The first-order chi connectivity index (χ1) is 6.84. The highest BCUT2D eigenvalue weighted by atomic mass is 15.0. The van der Waals surface area contributed by atoms with E-state index in [1.807, 2.05) is 0 Å². The molecule has 0 saturated carbocycles. The van der Waals surface area contributed by atoms with Crippen molar-refractivity contribution in [2.75, 3.05) is 0 Å². The van der Waals surface area contributed by atoms with Crippen LogP contribution in [0.2, 0.25) is 0 Å². The van der Waals surface area contributed by atoms with E-state index in [0.29, 0.717) is 0 Å². The minimum atomic E-state index is 0.849. The van der Waals surface area contributed by atoms with Crippen molar-refractivity contribution in [3.8, 4) is 0 Å². The van der Waals surface area contributed by atoms with Crippen molar-refractivity contribution in [1.82, 2.24) is 5.32 Å². The average molecular weight is 195 g/mol. The van der Waals surface area contributed by atoms with Crippen molar-refractivity contribution < 1.29 is 0 Å². The van der Waals surface area contributed by atoms with Crippen molar-refractivity contribution >= 4 is 0 Å². The van der Waals surface area contributed by atoms with Crippen LogP contribution in [0.15, 0.2) is 0 Å². The Balaban J connectivity index is 1.89. The lowest BCUT2D eigenvalue weighted by Gasteiger charge is -2.35. The van der Waals surface area contributed by atoms with Crippen molar-refractivity contribution in [1.29, 1.82) is 0 Å². The maximum atomic E-state index is 3.85. The van der Waals surface area contributed by atoms with E-state index >= 15 is 0 Å². The lowest BCUT2D eigenvalue weighted by atomic mass is 9.84. The van der Waals surface area contributed by atoms with Crippen LogP contribution < -0.4 is 5.32 Å². The topological polar surface area (TPSA) is 12.0 Å². The van der Waals surface area contributed by atoms with Gasteiger partial charge in [-0.05, 0) is 31.6 Å². The summed E-state index contributed by atoms with van der Waals surface area (Å²) < 4.78 is 0. The summed E-state index contributed by atoms with van der Waals surface area (Å²) in [7, 11) is 0. The molecule has 2 rings (SSSR count). The van der Waals surface area contributed by atoms with Gasteiger partial charge in [0.05, 0.1) is 0 Å². The van der Waals surface area contributed by atoms with Crippen molar-refractivity contribution in [2.45, 2.75) is 76.8 Å². The van der Waals surface area contributed by atoms with Crippen LogP contribution in [-0.4, -0.2) is 12.1 Å². The number of hydrogen-bond acceptors (Lipinski definition) is 1. The molecule has 0 aromatic rings. The summed E-state index contributed by atoms with van der Waals surface area (Å²) in [5.41, 5.74) is 0. The monoisotopic (exact) mass is 195 g/mol. The molecule has 0 amide bonds. The number of fused-ring (bicyclic) bond motifs is 2. The number of piperidine rings is 1. The van der Waals surface area contributed by atoms with Crippen LogP contribution in [0.4, 0.5) is 0 Å². The first kappa shape index (κ1) is 10.5. The fourth-order valence-corrected chi connectivity index (χ4v) is 3.25. The van der Waals surface area contributed by atoms with Crippen LogP contribution in [0.3, 0.4) is 0 Å². The maximum Gasteiger partial charge on any atom is 0.00722 e. The van der Waals surface area contributed by atoms with Gasteiger partial charge < -0.3 is 5.32 Å². The van der Waals surface area contributed by atoms with Gasteiger partial charge in [-0.1, -0.05) is 39.0 Å². The quantitative estimate of drug-likeness (QED) is 0.624. The fourth-order valence-electron chi connectivity index (χ4n) is 3.25. The third-order valence-corrected chi connectivity index (χ3v) is 3.95. The Morgan fingerprint density at radius 1 is 0.786 bits per heavy atom. The molecule has 82 valence electrons. The number of hydrogen-bond donors (Lipinski definition) is 1. The minimum absolute atomic E-state index is 0.849. The maximum absolute atomic E-state index is 3.85. The zero-order valence-corrected chi connectivity index (χ0v) is 9.60. The molecule has 0 aromatic carbocycles. The highest BCUT2D eigenvalue weighted by Crippen LogP contribution is 2.26. The molecular formula is C13H25N. The summed E-state index contributed by atoms with van der Waals surface area (Å²) >= 11 is 0. The van der Waals surface area contributed by atoms with E-state index in [9.17, 15) is 0 Å². The molecule has 1 heteroatoms. The van der Waals surface area contributed by atoms with Crippen LogP contribution in [0.5, 0.6) is 0 Å². The number of rotatable bonds is 0. The molecule has 0 aliphatic carbocycles. The standard InChI is InChI=1S/C13H25N/c1-11-9-12-7-5-3-2-4-6-8-13(10-11)14-12/h11-14H,2-10H2,1H3. The van der Waals surface area contributed by atoms with Crippen LogP contribution in [0.25, 0.3) is 0 Å². The van der Waals surface area contributed by atoms with Crippen molar-refractivity contribution in [3.63, 3.8) is 0 Å². The second-order valence-corrected chi connectivity index (χ2v) is 5.48. The molecule has 0 spiro atoms. The predicted molar refractivity (Wildman–Crippen MR) is 61.4 cm³/mol. The first-order valence-corrected chi connectivity index (χ1v) is 6.60. The predicted octanol–water partition coefficient (Wildman–Crippen LogP) is 3.49. The zero-order chi connectivity index (χ0) is 9.80. The van der Waals surface area contributed by atoms with E-state index in [-0.39, 0.29) is 0 Å². The molecule has 2 saturated heterocycles. The zero-order valence-electron chi connectivity index (χ0n) is 9.60. The van der Waals surface area contributed by atoms with Gasteiger partial charge in [0.2, 0.25) is 0 Å². The molecule has 2 bridgehead atoms. The lowest BCUT2D eigenvalue weighted by Crippen LogP contribution is -2.45. The Hall–Kier alpha value is -0.0400. The Kier molecular flexibility index (Phi) is 3.86. The van der Waals surface area contributed by atoms with E-state index in [1.165, 1.54) is 57.8 Å². The summed E-state index contributed by atoms with van der Waals surface area (Å²) in [6.45, 7) is 2.44. The third-order valence-electron chi connectivity index (χ3n) is 3.95. The second-order valence-electron chi connectivity index (χ2n) is 5.48. The van der Waals surface area contributed by atoms with Gasteiger partial charge in [-0.3, -0.25) is 0 Å². The van der Waals surface area contributed by atoms with Crippen LogP contribution in [0.1, 0.15) is 64.7 Å². The van der Waals surface area contributed by atoms with E-state index in [0.717, 1.165) is 18.0 Å².